The van der Waals surface area contributed by atoms with Gasteiger partial charge in [-0.1, -0.05) is 25.0 Å². The summed E-state index contributed by atoms with van der Waals surface area (Å²) in [5.74, 6) is 0.133. The Bertz CT molecular complexity index is 434. The summed E-state index contributed by atoms with van der Waals surface area (Å²) < 4.78 is 0. The molecule has 1 N–H and O–H groups in total. The Labute approximate surface area is 128 Å². The predicted molar refractivity (Wildman–Crippen MR) is 87.5 cm³/mol. The highest BCUT2D eigenvalue weighted by Crippen LogP contribution is 2.12. The van der Waals surface area contributed by atoms with E-state index in [0.29, 0.717) is 13.1 Å². The van der Waals surface area contributed by atoms with Gasteiger partial charge in [-0.3, -0.25) is 9.69 Å². The second-order valence-corrected chi connectivity index (χ2v) is 6.03. The molecule has 4 heteroatoms. The molecule has 1 aromatic carbocycles. The van der Waals surface area contributed by atoms with Crippen LogP contribution in [0.25, 0.3) is 0 Å². The van der Waals surface area contributed by atoms with Crippen LogP contribution in [0.15, 0.2) is 24.3 Å². The van der Waals surface area contributed by atoms with Crippen molar-refractivity contribution in [1.29, 1.82) is 0 Å². The van der Waals surface area contributed by atoms with Gasteiger partial charge in [-0.25, -0.2) is 0 Å². The maximum Gasteiger partial charge on any atom is 0.234 e. The summed E-state index contributed by atoms with van der Waals surface area (Å²) in [6.07, 6.45) is 5.05. The van der Waals surface area contributed by atoms with Crippen molar-refractivity contribution in [3.8, 4) is 0 Å². The van der Waals surface area contributed by atoms with Crippen LogP contribution in [-0.4, -0.2) is 44.5 Å². The van der Waals surface area contributed by atoms with Crippen LogP contribution in [-0.2, 0) is 11.3 Å². The zero-order valence-electron chi connectivity index (χ0n) is 13.3. The van der Waals surface area contributed by atoms with Crippen molar-refractivity contribution in [2.75, 3.05) is 38.6 Å². The van der Waals surface area contributed by atoms with Crippen molar-refractivity contribution in [3.63, 3.8) is 0 Å². The highest BCUT2D eigenvalue weighted by molar-refractivity contribution is 5.78. The van der Waals surface area contributed by atoms with E-state index >= 15 is 0 Å². The molecule has 0 unspecified atom stereocenters. The zero-order chi connectivity index (χ0) is 15.1. The quantitative estimate of drug-likeness (QED) is 0.903. The molecule has 0 spiro atoms. The molecule has 2 rings (SSSR count). The van der Waals surface area contributed by atoms with E-state index in [9.17, 15) is 4.79 Å². The maximum absolute atomic E-state index is 12.0. The van der Waals surface area contributed by atoms with Crippen LogP contribution in [0, 0.1) is 0 Å². The molecule has 0 aromatic heterocycles. The Morgan fingerprint density at radius 2 is 1.71 bits per heavy atom. The van der Waals surface area contributed by atoms with E-state index in [1.165, 1.54) is 31.4 Å². The lowest BCUT2D eigenvalue weighted by atomic mass is 10.2. The first-order valence-electron chi connectivity index (χ1n) is 7.90. The van der Waals surface area contributed by atoms with Crippen LogP contribution in [0.1, 0.15) is 31.2 Å². The predicted octanol–water partition coefficient (Wildman–Crippen LogP) is 2.24. The number of benzene rings is 1. The number of nitrogens with one attached hydrogen (secondary N) is 1. The van der Waals surface area contributed by atoms with E-state index in [-0.39, 0.29) is 5.91 Å². The molecule has 1 heterocycles. The van der Waals surface area contributed by atoms with Crippen LogP contribution in [0.4, 0.5) is 5.69 Å². The highest BCUT2D eigenvalue weighted by Gasteiger charge is 2.12. The minimum atomic E-state index is 0.133. The first-order chi connectivity index (χ1) is 10.1. The van der Waals surface area contributed by atoms with Crippen LogP contribution in [0.5, 0.6) is 0 Å². The molecule has 1 aromatic rings. The third-order valence-corrected chi connectivity index (χ3v) is 4.01. The van der Waals surface area contributed by atoms with Crippen LogP contribution in [0.3, 0.4) is 0 Å². The van der Waals surface area contributed by atoms with E-state index in [4.69, 9.17) is 0 Å². The van der Waals surface area contributed by atoms with Crippen LogP contribution >= 0.6 is 0 Å². The van der Waals surface area contributed by atoms with Crippen molar-refractivity contribution in [2.45, 2.75) is 32.2 Å². The van der Waals surface area contributed by atoms with Gasteiger partial charge in [0.25, 0.3) is 0 Å². The molecule has 1 aliphatic heterocycles. The Hall–Kier alpha value is -1.55. The number of nitrogens with zero attached hydrogens (tertiary/aromatic N) is 2. The van der Waals surface area contributed by atoms with Gasteiger partial charge in [0, 0.05) is 26.3 Å². The van der Waals surface area contributed by atoms with Crippen molar-refractivity contribution >= 4 is 11.6 Å². The minimum Gasteiger partial charge on any atom is -0.378 e. The minimum absolute atomic E-state index is 0.133. The molecule has 1 saturated heterocycles. The third-order valence-electron chi connectivity index (χ3n) is 4.01. The Balaban J connectivity index is 1.75. The van der Waals surface area contributed by atoms with E-state index < -0.39 is 0 Å². The molecule has 4 nitrogen and oxygen atoms in total. The van der Waals surface area contributed by atoms with Crippen LogP contribution < -0.4 is 10.2 Å². The molecular formula is C17H27N3O. The highest BCUT2D eigenvalue weighted by atomic mass is 16.2. The molecule has 0 aliphatic carbocycles. The summed E-state index contributed by atoms with van der Waals surface area (Å²) in [5, 5.41) is 3.02. The number of carbonyl (C=O) groups excluding carboxylic acids is 1. The summed E-state index contributed by atoms with van der Waals surface area (Å²) in [6.45, 7) is 3.27. The number of hydrogen-bond acceptors (Lipinski definition) is 3. The molecule has 0 bridgehead atoms. The number of carbonyl (C=O) groups is 1. The van der Waals surface area contributed by atoms with E-state index in [0.717, 1.165) is 18.7 Å². The average molecular weight is 289 g/mol. The van der Waals surface area contributed by atoms with Crippen molar-refractivity contribution in [3.05, 3.63) is 29.8 Å². The summed E-state index contributed by atoms with van der Waals surface area (Å²) >= 11 is 0. The normalized spacial score (nSPS) is 16.3. The number of amides is 1. The summed E-state index contributed by atoms with van der Waals surface area (Å²) in [4.78, 5) is 16.4. The third kappa shape index (κ3) is 5.38. The van der Waals surface area contributed by atoms with Crippen molar-refractivity contribution < 1.29 is 4.79 Å². The van der Waals surface area contributed by atoms with Gasteiger partial charge in [0.2, 0.25) is 5.91 Å². The number of anilines is 1. The van der Waals surface area contributed by atoms with Gasteiger partial charge in [-0.05, 0) is 43.6 Å². The lowest BCUT2D eigenvalue weighted by molar-refractivity contribution is -0.122. The molecule has 21 heavy (non-hydrogen) atoms. The average Bonchev–Trinajstić information content (AvgIpc) is 2.74. The summed E-state index contributed by atoms with van der Waals surface area (Å²) in [5.41, 5.74) is 2.32. The number of likely N-dealkylation sites (tertiary alicyclic amines) is 1. The lowest BCUT2D eigenvalue weighted by Gasteiger charge is -2.19. The van der Waals surface area contributed by atoms with Gasteiger partial charge in [0.1, 0.15) is 0 Å². The monoisotopic (exact) mass is 289 g/mol. The zero-order valence-corrected chi connectivity index (χ0v) is 13.3. The SMILES string of the molecule is CN(C)c1ccc(CNC(=O)CN2CCCCCC2)cc1. The topological polar surface area (TPSA) is 35.6 Å². The van der Waals surface area contributed by atoms with Gasteiger partial charge in [-0.15, -0.1) is 0 Å². The Kier molecular flexibility index (Phi) is 6.05. The summed E-state index contributed by atoms with van der Waals surface area (Å²) in [7, 11) is 4.05. The van der Waals surface area contributed by atoms with Crippen LogP contribution in [0.2, 0.25) is 0 Å². The van der Waals surface area contributed by atoms with Crippen molar-refractivity contribution in [1.82, 2.24) is 10.2 Å². The fraction of sp³-hybridized carbons (Fsp3) is 0.588. The Morgan fingerprint density at radius 1 is 1.10 bits per heavy atom. The molecule has 0 atom stereocenters. The molecule has 1 aliphatic rings. The fourth-order valence-electron chi connectivity index (χ4n) is 2.67. The molecule has 0 radical (unpaired) electrons. The van der Waals surface area contributed by atoms with E-state index in [1.807, 2.05) is 14.1 Å². The second-order valence-electron chi connectivity index (χ2n) is 6.03. The second kappa shape index (κ2) is 8.03. The molecule has 1 amide bonds. The smallest absolute Gasteiger partial charge is 0.234 e. The molecule has 1 fully saturated rings. The van der Waals surface area contributed by atoms with Gasteiger partial charge in [0.05, 0.1) is 6.54 Å². The lowest BCUT2D eigenvalue weighted by Crippen LogP contribution is -2.37. The van der Waals surface area contributed by atoms with Gasteiger partial charge < -0.3 is 10.2 Å². The molecule has 116 valence electrons. The first-order valence-corrected chi connectivity index (χ1v) is 7.90. The molecule has 0 saturated carbocycles. The number of hydrogen-bond donors (Lipinski definition) is 1. The van der Waals surface area contributed by atoms with Gasteiger partial charge in [0.15, 0.2) is 0 Å². The Morgan fingerprint density at radius 3 is 2.29 bits per heavy atom. The standard InChI is InChI=1S/C17H27N3O/c1-19(2)16-9-7-15(8-10-16)13-18-17(21)14-20-11-5-3-4-6-12-20/h7-10H,3-6,11-14H2,1-2H3,(H,18,21). The maximum atomic E-state index is 12.0. The van der Waals surface area contributed by atoms with Gasteiger partial charge >= 0.3 is 0 Å². The number of rotatable bonds is 5. The van der Waals surface area contributed by atoms with Crippen molar-refractivity contribution in [2.24, 2.45) is 0 Å². The molecular weight excluding hydrogens is 262 g/mol. The van der Waals surface area contributed by atoms with Gasteiger partial charge in [-0.2, -0.15) is 0 Å². The fourth-order valence-corrected chi connectivity index (χ4v) is 2.67. The summed E-state index contributed by atoms with van der Waals surface area (Å²) in [6, 6.07) is 8.30. The largest absolute Gasteiger partial charge is 0.378 e. The first kappa shape index (κ1) is 15.8. The van der Waals surface area contributed by atoms with E-state index in [2.05, 4.69) is 39.4 Å². The van der Waals surface area contributed by atoms with E-state index in [1.54, 1.807) is 0 Å².